The van der Waals surface area contributed by atoms with Crippen molar-refractivity contribution in [2.24, 2.45) is 4.99 Å². The lowest BCUT2D eigenvalue weighted by molar-refractivity contribution is 0.0827. The Hall–Kier alpha value is -2.87. The third-order valence-corrected chi connectivity index (χ3v) is 5.64. The average Bonchev–Trinajstić information content (AvgIpc) is 2.86. The van der Waals surface area contributed by atoms with Crippen LogP contribution in [-0.4, -0.2) is 51.0 Å². The third kappa shape index (κ3) is 8.17. The van der Waals surface area contributed by atoms with E-state index in [0.717, 1.165) is 37.5 Å². The van der Waals surface area contributed by atoms with Crippen molar-refractivity contribution in [1.82, 2.24) is 15.5 Å². The predicted molar refractivity (Wildman–Crippen MR) is 152 cm³/mol. The summed E-state index contributed by atoms with van der Waals surface area (Å²) in [6.45, 7) is 1.54. The molecule has 0 fully saturated rings. The maximum atomic E-state index is 12.2. The fourth-order valence-corrected chi connectivity index (χ4v) is 3.90. The number of aliphatic imine (C=N–C) groups is 1. The first-order valence-electron chi connectivity index (χ1n) is 11.4. The van der Waals surface area contributed by atoms with Gasteiger partial charge < -0.3 is 15.5 Å². The summed E-state index contributed by atoms with van der Waals surface area (Å²) in [5.41, 5.74) is 4.48. The Labute approximate surface area is 220 Å². The summed E-state index contributed by atoms with van der Waals surface area (Å²) in [6.07, 6.45) is 1.77. The van der Waals surface area contributed by atoms with Crippen molar-refractivity contribution < 1.29 is 4.79 Å². The second kappa shape index (κ2) is 14.4. The zero-order chi connectivity index (χ0) is 23.5. The molecule has 2 N–H and O–H groups in total. The van der Waals surface area contributed by atoms with Crippen molar-refractivity contribution >= 4 is 35.8 Å². The maximum absolute atomic E-state index is 12.2. The van der Waals surface area contributed by atoms with Crippen molar-refractivity contribution in [2.75, 3.05) is 34.2 Å². The number of hydrogen-bond donors (Lipinski definition) is 2. The number of benzene rings is 3. The van der Waals surface area contributed by atoms with Gasteiger partial charge in [0.1, 0.15) is 0 Å². The standard InChI is InChI=1S/C28H34N4O.HI/c1-29-28(30-19-17-22-11-10-16-25(21-22)27(33)32(2)3)31-20-18-26(23-12-6-4-7-13-23)24-14-8-5-9-15-24;/h4-16,21,26H,17-20H2,1-3H3,(H2,29,30,31);1H. The average molecular weight is 571 g/mol. The first-order valence-corrected chi connectivity index (χ1v) is 11.4. The summed E-state index contributed by atoms with van der Waals surface area (Å²) >= 11 is 0. The summed E-state index contributed by atoms with van der Waals surface area (Å²) < 4.78 is 0. The Morgan fingerprint density at radius 2 is 1.44 bits per heavy atom. The van der Waals surface area contributed by atoms with Gasteiger partial charge in [-0.1, -0.05) is 72.8 Å². The highest BCUT2D eigenvalue weighted by Gasteiger charge is 2.14. The number of halogens is 1. The molecule has 0 bridgehead atoms. The van der Waals surface area contributed by atoms with Gasteiger partial charge in [-0.15, -0.1) is 24.0 Å². The number of nitrogens with zero attached hydrogens (tertiary/aromatic N) is 2. The molecular formula is C28H35IN4O. The summed E-state index contributed by atoms with van der Waals surface area (Å²) in [7, 11) is 5.33. The molecule has 0 atom stereocenters. The molecule has 3 rings (SSSR count). The first-order chi connectivity index (χ1) is 16.1. The lowest BCUT2D eigenvalue weighted by Crippen LogP contribution is -2.39. The van der Waals surface area contributed by atoms with Gasteiger partial charge in [0, 0.05) is 45.7 Å². The molecule has 0 saturated heterocycles. The maximum Gasteiger partial charge on any atom is 0.253 e. The highest BCUT2D eigenvalue weighted by atomic mass is 127. The van der Waals surface area contributed by atoms with Crippen LogP contribution in [0.4, 0.5) is 0 Å². The number of guanidine groups is 1. The van der Waals surface area contributed by atoms with E-state index in [1.54, 1.807) is 26.0 Å². The minimum atomic E-state index is 0. The molecule has 3 aromatic rings. The lowest BCUT2D eigenvalue weighted by atomic mass is 9.88. The van der Waals surface area contributed by atoms with Crippen molar-refractivity contribution in [3.05, 3.63) is 107 Å². The van der Waals surface area contributed by atoms with Crippen LogP contribution in [0.5, 0.6) is 0 Å². The number of nitrogens with one attached hydrogen (secondary N) is 2. The molecule has 0 unspecified atom stereocenters. The number of rotatable bonds is 9. The summed E-state index contributed by atoms with van der Waals surface area (Å²) in [5, 5.41) is 6.83. The molecule has 3 aromatic carbocycles. The zero-order valence-electron chi connectivity index (χ0n) is 20.2. The van der Waals surface area contributed by atoms with E-state index >= 15 is 0 Å². The van der Waals surface area contributed by atoms with Crippen LogP contribution < -0.4 is 10.6 Å². The van der Waals surface area contributed by atoms with Gasteiger partial charge >= 0.3 is 0 Å². The van der Waals surface area contributed by atoms with E-state index in [9.17, 15) is 4.79 Å². The summed E-state index contributed by atoms with van der Waals surface area (Å²) in [5.74, 6) is 1.14. The Balaban J connectivity index is 0.00000408. The van der Waals surface area contributed by atoms with Crippen LogP contribution in [-0.2, 0) is 6.42 Å². The van der Waals surface area contributed by atoms with Gasteiger partial charge in [0.25, 0.3) is 5.91 Å². The molecule has 180 valence electrons. The molecule has 0 spiro atoms. The molecule has 1 amide bonds. The van der Waals surface area contributed by atoms with Crippen LogP contribution in [0.15, 0.2) is 89.9 Å². The SMILES string of the molecule is CN=C(NCCc1cccc(C(=O)N(C)C)c1)NCCC(c1ccccc1)c1ccccc1.I. The van der Waals surface area contributed by atoms with Crippen LogP contribution in [0.25, 0.3) is 0 Å². The first kappa shape index (κ1) is 27.4. The van der Waals surface area contributed by atoms with E-state index in [1.807, 2.05) is 18.2 Å². The molecule has 0 saturated carbocycles. The Kier molecular flexibility index (Phi) is 11.6. The van der Waals surface area contributed by atoms with Gasteiger partial charge in [-0.2, -0.15) is 0 Å². The second-order valence-corrected chi connectivity index (χ2v) is 8.24. The van der Waals surface area contributed by atoms with Crippen molar-refractivity contribution in [3.63, 3.8) is 0 Å². The van der Waals surface area contributed by atoms with Crippen LogP contribution in [0.1, 0.15) is 39.4 Å². The molecule has 0 heterocycles. The molecule has 5 nitrogen and oxygen atoms in total. The smallest absolute Gasteiger partial charge is 0.253 e. The van der Waals surface area contributed by atoms with E-state index in [2.05, 4.69) is 82.4 Å². The predicted octanol–water partition coefficient (Wildman–Crippen LogP) is 4.94. The normalized spacial score (nSPS) is 11.0. The molecule has 0 aliphatic heterocycles. The molecule has 0 aliphatic carbocycles. The summed E-state index contributed by atoms with van der Waals surface area (Å²) in [4.78, 5) is 18.1. The number of hydrogen-bond acceptors (Lipinski definition) is 2. The van der Waals surface area contributed by atoms with Crippen molar-refractivity contribution in [3.8, 4) is 0 Å². The molecule has 0 aliphatic rings. The minimum absolute atomic E-state index is 0. The third-order valence-electron chi connectivity index (χ3n) is 5.64. The Morgan fingerprint density at radius 3 is 2.00 bits per heavy atom. The van der Waals surface area contributed by atoms with Gasteiger partial charge in [-0.3, -0.25) is 9.79 Å². The molecule has 34 heavy (non-hydrogen) atoms. The summed E-state index contributed by atoms with van der Waals surface area (Å²) in [6, 6.07) is 29.1. The van der Waals surface area contributed by atoms with Gasteiger partial charge in [0.15, 0.2) is 5.96 Å². The quantitative estimate of drug-likeness (QED) is 0.218. The van der Waals surface area contributed by atoms with Crippen LogP contribution >= 0.6 is 24.0 Å². The number of amides is 1. The monoisotopic (exact) mass is 570 g/mol. The fraction of sp³-hybridized carbons (Fsp3) is 0.286. The van der Waals surface area contributed by atoms with E-state index in [-0.39, 0.29) is 29.9 Å². The molecule has 0 aromatic heterocycles. The van der Waals surface area contributed by atoms with E-state index < -0.39 is 0 Å². The molecular weight excluding hydrogens is 535 g/mol. The largest absolute Gasteiger partial charge is 0.356 e. The highest BCUT2D eigenvalue weighted by Crippen LogP contribution is 2.27. The van der Waals surface area contributed by atoms with E-state index in [1.165, 1.54) is 11.1 Å². The van der Waals surface area contributed by atoms with Crippen LogP contribution in [0.3, 0.4) is 0 Å². The minimum Gasteiger partial charge on any atom is -0.356 e. The Bertz CT molecular complexity index is 999. The van der Waals surface area contributed by atoms with E-state index in [0.29, 0.717) is 11.5 Å². The zero-order valence-corrected chi connectivity index (χ0v) is 22.5. The van der Waals surface area contributed by atoms with Crippen molar-refractivity contribution in [2.45, 2.75) is 18.8 Å². The number of carbonyl (C=O) groups excluding carboxylic acids is 1. The molecule has 0 radical (unpaired) electrons. The van der Waals surface area contributed by atoms with Crippen molar-refractivity contribution in [1.29, 1.82) is 0 Å². The molecule has 6 heteroatoms. The van der Waals surface area contributed by atoms with Crippen LogP contribution in [0, 0.1) is 0 Å². The van der Waals surface area contributed by atoms with Gasteiger partial charge in [0.2, 0.25) is 0 Å². The fourth-order valence-electron chi connectivity index (χ4n) is 3.90. The highest BCUT2D eigenvalue weighted by molar-refractivity contribution is 14.0. The van der Waals surface area contributed by atoms with Crippen LogP contribution in [0.2, 0.25) is 0 Å². The second-order valence-electron chi connectivity index (χ2n) is 8.24. The Morgan fingerprint density at radius 1 is 0.853 bits per heavy atom. The van der Waals surface area contributed by atoms with Gasteiger partial charge in [0.05, 0.1) is 0 Å². The topological polar surface area (TPSA) is 56.7 Å². The van der Waals surface area contributed by atoms with Gasteiger partial charge in [-0.25, -0.2) is 0 Å². The van der Waals surface area contributed by atoms with E-state index in [4.69, 9.17) is 0 Å². The number of carbonyl (C=O) groups is 1. The lowest BCUT2D eigenvalue weighted by Gasteiger charge is -2.19. The van der Waals surface area contributed by atoms with Gasteiger partial charge in [-0.05, 0) is 41.7 Å².